The van der Waals surface area contributed by atoms with Crippen LogP contribution in [-0.4, -0.2) is 22.7 Å². The zero-order valence-corrected chi connectivity index (χ0v) is 13.5. The van der Waals surface area contributed by atoms with Gasteiger partial charge in [0.1, 0.15) is 0 Å². The number of halogens is 1. The molecular formula is C17H21ClN2O. The molecule has 1 unspecified atom stereocenters. The van der Waals surface area contributed by atoms with Crippen molar-refractivity contribution >= 4 is 17.5 Å². The van der Waals surface area contributed by atoms with Crippen LogP contribution in [0, 0.1) is 17.2 Å². The molecule has 0 bridgehead atoms. The molecule has 0 saturated carbocycles. The van der Waals surface area contributed by atoms with Gasteiger partial charge in [-0.25, -0.2) is 0 Å². The van der Waals surface area contributed by atoms with Gasteiger partial charge in [-0.15, -0.1) is 11.6 Å². The lowest BCUT2D eigenvalue weighted by Crippen LogP contribution is -2.32. The minimum atomic E-state index is -0.170. The molecule has 0 heterocycles. The Morgan fingerprint density at radius 2 is 2.14 bits per heavy atom. The first kappa shape index (κ1) is 17.3. The van der Waals surface area contributed by atoms with Crippen LogP contribution in [0.25, 0.3) is 0 Å². The van der Waals surface area contributed by atoms with Crippen molar-refractivity contribution in [3.05, 3.63) is 47.5 Å². The Balaban J connectivity index is 2.87. The fourth-order valence-electron chi connectivity index (χ4n) is 1.95. The van der Waals surface area contributed by atoms with Crippen LogP contribution in [-0.2, 0) is 11.3 Å². The van der Waals surface area contributed by atoms with Gasteiger partial charge in [-0.3, -0.25) is 4.79 Å². The first-order chi connectivity index (χ1) is 9.92. The topological polar surface area (TPSA) is 44.1 Å². The molecule has 4 heteroatoms. The Morgan fingerprint density at radius 1 is 1.43 bits per heavy atom. The molecule has 3 nitrogen and oxygen atoms in total. The molecule has 0 aliphatic rings. The summed E-state index contributed by atoms with van der Waals surface area (Å²) in [6.07, 6.45) is 3.21. The Kier molecular flexibility index (Phi) is 6.98. The van der Waals surface area contributed by atoms with Gasteiger partial charge in [0.2, 0.25) is 5.91 Å². The maximum absolute atomic E-state index is 12.3. The maximum Gasteiger partial charge on any atom is 0.246 e. The molecule has 1 atom stereocenters. The van der Waals surface area contributed by atoms with E-state index >= 15 is 0 Å². The SMILES string of the molecule is CC(Cl)/C=C/C(=O)N(Cc1cccc(C#N)c1)CC(C)C. The highest BCUT2D eigenvalue weighted by Crippen LogP contribution is 2.11. The number of carbonyl (C=O) groups excluding carboxylic acids is 1. The molecule has 0 aromatic heterocycles. The van der Waals surface area contributed by atoms with Gasteiger partial charge in [-0.1, -0.05) is 32.1 Å². The number of amides is 1. The second-order valence-corrected chi connectivity index (χ2v) is 6.15. The van der Waals surface area contributed by atoms with Crippen LogP contribution in [0.4, 0.5) is 0 Å². The fraction of sp³-hybridized carbons (Fsp3) is 0.412. The standard InChI is InChI=1S/C17H21ClN2O/c1-13(2)11-20(17(21)8-7-14(3)18)12-16-6-4-5-15(9-16)10-19/h4-9,13-14H,11-12H2,1-3H3/b8-7+. The predicted octanol–water partition coefficient (Wildman–Crippen LogP) is 3.73. The van der Waals surface area contributed by atoms with Crippen molar-refractivity contribution in [2.45, 2.75) is 32.7 Å². The second-order valence-electron chi connectivity index (χ2n) is 5.46. The van der Waals surface area contributed by atoms with Crippen molar-refractivity contribution in [3.63, 3.8) is 0 Å². The first-order valence-electron chi connectivity index (χ1n) is 7.02. The van der Waals surface area contributed by atoms with Crippen LogP contribution in [0.15, 0.2) is 36.4 Å². The first-order valence-corrected chi connectivity index (χ1v) is 7.46. The lowest BCUT2D eigenvalue weighted by molar-refractivity contribution is -0.127. The molecular weight excluding hydrogens is 284 g/mol. The molecule has 1 amide bonds. The van der Waals surface area contributed by atoms with E-state index in [0.29, 0.717) is 24.6 Å². The van der Waals surface area contributed by atoms with E-state index in [4.69, 9.17) is 16.9 Å². The van der Waals surface area contributed by atoms with Gasteiger partial charge in [-0.2, -0.15) is 5.26 Å². The van der Waals surface area contributed by atoms with E-state index in [1.807, 2.05) is 25.1 Å². The number of nitriles is 1. The number of nitrogens with zero attached hydrogens (tertiary/aromatic N) is 2. The van der Waals surface area contributed by atoms with Crippen LogP contribution >= 0.6 is 11.6 Å². The zero-order valence-electron chi connectivity index (χ0n) is 12.7. The summed E-state index contributed by atoms with van der Waals surface area (Å²) >= 11 is 5.84. The summed E-state index contributed by atoms with van der Waals surface area (Å²) in [5.74, 6) is 0.313. The van der Waals surface area contributed by atoms with Gasteiger partial charge >= 0.3 is 0 Å². The molecule has 112 valence electrons. The number of hydrogen-bond donors (Lipinski definition) is 0. The van der Waals surface area contributed by atoms with Crippen molar-refractivity contribution in [1.82, 2.24) is 4.90 Å². The maximum atomic E-state index is 12.3. The molecule has 0 spiro atoms. The van der Waals surface area contributed by atoms with Crippen LogP contribution < -0.4 is 0 Å². The molecule has 0 radical (unpaired) electrons. The lowest BCUT2D eigenvalue weighted by Gasteiger charge is -2.23. The molecule has 0 fully saturated rings. The van der Waals surface area contributed by atoms with E-state index in [2.05, 4.69) is 19.9 Å². The summed E-state index contributed by atoms with van der Waals surface area (Å²) in [6, 6.07) is 9.45. The molecule has 21 heavy (non-hydrogen) atoms. The Morgan fingerprint density at radius 3 is 2.71 bits per heavy atom. The van der Waals surface area contributed by atoms with Gasteiger partial charge in [0.25, 0.3) is 0 Å². The zero-order chi connectivity index (χ0) is 15.8. The molecule has 1 rings (SSSR count). The third-order valence-electron chi connectivity index (χ3n) is 2.83. The van der Waals surface area contributed by atoms with E-state index in [-0.39, 0.29) is 11.3 Å². The van der Waals surface area contributed by atoms with E-state index in [9.17, 15) is 4.79 Å². The number of carbonyl (C=O) groups is 1. The van der Waals surface area contributed by atoms with Gasteiger partial charge in [-0.05, 0) is 30.5 Å². The largest absolute Gasteiger partial charge is 0.335 e. The molecule has 0 N–H and O–H groups in total. The van der Waals surface area contributed by atoms with Crippen LogP contribution in [0.2, 0.25) is 0 Å². The summed E-state index contributed by atoms with van der Waals surface area (Å²) in [5.41, 5.74) is 1.56. The third-order valence-corrected chi connectivity index (χ3v) is 2.98. The minimum absolute atomic E-state index is 0.0569. The molecule has 1 aromatic rings. The average molecular weight is 305 g/mol. The van der Waals surface area contributed by atoms with E-state index in [1.165, 1.54) is 6.08 Å². The second kappa shape index (κ2) is 8.49. The number of benzene rings is 1. The average Bonchev–Trinajstić information content (AvgIpc) is 2.43. The van der Waals surface area contributed by atoms with Crippen molar-refractivity contribution in [1.29, 1.82) is 5.26 Å². The van der Waals surface area contributed by atoms with E-state index < -0.39 is 0 Å². The fourth-order valence-corrected chi connectivity index (χ4v) is 2.03. The molecule has 0 aliphatic carbocycles. The third kappa shape index (κ3) is 6.46. The predicted molar refractivity (Wildman–Crippen MR) is 85.9 cm³/mol. The summed E-state index contributed by atoms with van der Waals surface area (Å²) in [5, 5.41) is 8.77. The van der Waals surface area contributed by atoms with Crippen molar-refractivity contribution in [3.8, 4) is 6.07 Å². The van der Waals surface area contributed by atoms with Gasteiger partial charge in [0, 0.05) is 24.5 Å². The minimum Gasteiger partial charge on any atom is -0.335 e. The Bertz CT molecular complexity index is 544. The van der Waals surface area contributed by atoms with Gasteiger partial charge in [0.05, 0.1) is 11.6 Å². The Hall–Kier alpha value is -1.79. The summed E-state index contributed by atoms with van der Waals surface area (Å²) in [4.78, 5) is 14.0. The lowest BCUT2D eigenvalue weighted by atomic mass is 10.1. The number of rotatable bonds is 6. The summed E-state index contributed by atoms with van der Waals surface area (Å²) in [6.45, 7) is 7.11. The summed E-state index contributed by atoms with van der Waals surface area (Å²) in [7, 11) is 0. The van der Waals surface area contributed by atoms with Crippen LogP contribution in [0.3, 0.4) is 0 Å². The summed E-state index contributed by atoms with van der Waals surface area (Å²) < 4.78 is 0. The Labute approximate surface area is 131 Å². The van der Waals surface area contributed by atoms with Gasteiger partial charge < -0.3 is 4.90 Å². The highest BCUT2D eigenvalue weighted by atomic mass is 35.5. The number of alkyl halides is 1. The molecule has 0 aliphatic heterocycles. The molecule has 1 aromatic carbocycles. The van der Waals surface area contributed by atoms with Crippen LogP contribution in [0.5, 0.6) is 0 Å². The monoisotopic (exact) mass is 304 g/mol. The number of allylic oxidation sites excluding steroid dienone is 1. The smallest absolute Gasteiger partial charge is 0.246 e. The van der Waals surface area contributed by atoms with Crippen molar-refractivity contribution in [2.75, 3.05) is 6.54 Å². The van der Waals surface area contributed by atoms with E-state index in [0.717, 1.165) is 5.56 Å². The van der Waals surface area contributed by atoms with Crippen molar-refractivity contribution in [2.24, 2.45) is 5.92 Å². The normalized spacial score (nSPS) is 12.4. The van der Waals surface area contributed by atoms with Crippen molar-refractivity contribution < 1.29 is 4.79 Å². The highest BCUT2D eigenvalue weighted by Gasteiger charge is 2.13. The number of hydrogen-bond acceptors (Lipinski definition) is 2. The van der Waals surface area contributed by atoms with Crippen LogP contribution in [0.1, 0.15) is 31.9 Å². The molecule has 0 saturated heterocycles. The quantitative estimate of drug-likeness (QED) is 0.594. The van der Waals surface area contributed by atoms with E-state index in [1.54, 1.807) is 17.0 Å². The highest BCUT2D eigenvalue weighted by molar-refractivity contribution is 6.21. The van der Waals surface area contributed by atoms with Gasteiger partial charge in [0.15, 0.2) is 0 Å².